The van der Waals surface area contributed by atoms with Gasteiger partial charge in [-0.1, -0.05) is 0 Å². The fourth-order valence-corrected chi connectivity index (χ4v) is 2.87. The van der Waals surface area contributed by atoms with Crippen LogP contribution in [0.25, 0.3) is 0 Å². The number of carbonyl (C=O) groups is 1. The van der Waals surface area contributed by atoms with Gasteiger partial charge in [-0.3, -0.25) is 4.79 Å². The lowest BCUT2D eigenvalue weighted by molar-refractivity contribution is -0.143. The van der Waals surface area contributed by atoms with Crippen molar-refractivity contribution in [3.8, 4) is 0 Å². The van der Waals surface area contributed by atoms with Crippen LogP contribution in [0.15, 0.2) is 0 Å². The van der Waals surface area contributed by atoms with E-state index >= 15 is 0 Å². The molecule has 19 heavy (non-hydrogen) atoms. The molecule has 0 aromatic heterocycles. The Morgan fingerprint density at radius 2 is 1.95 bits per heavy atom. The summed E-state index contributed by atoms with van der Waals surface area (Å²) in [6.07, 6.45) is 4.71. The Balaban J connectivity index is 2.22. The van der Waals surface area contributed by atoms with E-state index in [2.05, 4.69) is 26.1 Å². The molecule has 0 radical (unpaired) electrons. The maximum Gasteiger partial charge on any atom is 0.306 e. The summed E-state index contributed by atoms with van der Waals surface area (Å²) in [5, 5.41) is 12.5. The van der Waals surface area contributed by atoms with Crippen LogP contribution in [0.3, 0.4) is 0 Å². The molecule has 1 unspecified atom stereocenters. The van der Waals surface area contributed by atoms with E-state index < -0.39 is 5.97 Å². The van der Waals surface area contributed by atoms with E-state index in [9.17, 15) is 4.79 Å². The first-order valence-electron chi connectivity index (χ1n) is 7.35. The second kappa shape index (κ2) is 7.25. The van der Waals surface area contributed by atoms with Crippen molar-refractivity contribution in [1.29, 1.82) is 0 Å². The predicted molar refractivity (Wildman–Crippen MR) is 76.3 cm³/mol. The molecule has 1 rings (SSSR count). The maximum absolute atomic E-state index is 10.9. The average molecular weight is 271 g/mol. The van der Waals surface area contributed by atoms with Crippen LogP contribution < -0.4 is 5.32 Å². The van der Waals surface area contributed by atoms with Gasteiger partial charge in [-0.2, -0.15) is 0 Å². The summed E-state index contributed by atoms with van der Waals surface area (Å²) in [5.74, 6) is -0.105. The van der Waals surface area contributed by atoms with Crippen LogP contribution in [0.1, 0.15) is 52.9 Å². The van der Waals surface area contributed by atoms with Gasteiger partial charge < -0.3 is 15.2 Å². The lowest BCUT2D eigenvalue weighted by Crippen LogP contribution is -2.38. The molecule has 1 atom stereocenters. The molecular formula is C15H29NO3. The molecule has 1 aliphatic rings. The fraction of sp³-hybridized carbons (Fsp3) is 0.933. The SMILES string of the molecule is COC(C)(C)CC(C)NCC1CCC(C(=O)O)CC1. The number of hydrogen-bond acceptors (Lipinski definition) is 3. The summed E-state index contributed by atoms with van der Waals surface area (Å²) >= 11 is 0. The normalized spacial score (nSPS) is 26.1. The third-order valence-electron chi connectivity index (χ3n) is 4.30. The van der Waals surface area contributed by atoms with Crippen molar-refractivity contribution in [2.45, 2.75) is 64.5 Å². The third kappa shape index (κ3) is 5.91. The van der Waals surface area contributed by atoms with Gasteiger partial charge >= 0.3 is 5.97 Å². The Kier molecular flexibility index (Phi) is 6.27. The van der Waals surface area contributed by atoms with Crippen molar-refractivity contribution in [3.05, 3.63) is 0 Å². The lowest BCUT2D eigenvalue weighted by Gasteiger charge is -2.30. The minimum atomic E-state index is -0.623. The van der Waals surface area contributed by atoms with E-state index in [1.54, 1.807) is 7.11 Å². The van der Waals surface area contributed by atoms with Crippen LogP contribution in [-0.2, 0) is 9.53 Å². The second-order valence-corrected chi connectivity index (χ2v) is 6.53. The average Bonchev–Trinajstić information content (AvgIpc) is 2.36. The van der Waals surface area contributed by atoms with Crippen LogP contribution >= 0.6 is 0 Å². The zero-order valence-electron chi connectivity index (χ0n) is 12.7. The summed E-state index contributed by atoms with van der Waals surface area (Å²) in [6, 6.07) is 0.423. The molecule has 1 saturated carbocycles. The Morgan fingerprint density at radius 1 is 1.37 bits per heavy atom. The molecule has 1 fully saturated rings. The van der Waals surface area contributed by atoms with Crippen molar-refractivity contribution in [1.82, 2.24) is 5.32 Å². The number of carboxylic acid groups (broad SMARTS) is 1. The van der Waals surface area contributed by atoms with E-state index in [0.717, 1.165) is 38.6 Å². The van der Waals surface area contributed by atoms with Gasteiger partial charge in [-0.25, -0.2) is 0 Å². The minimum absolute atomic E-state index is 0.0899. The summed E-state index contributed by atoms with van der Waals surface area (Å²) in [4.78, 5) is 10.9. The molecule has 0 bridgehead atoms. The lowest BCUT2D eigenvalue weighted by atomic mass is 9.82. The van der Waals surface area contributed by atoms with Gasteiger partial charge in [0.2, 0.25) is 0 Å². The Morgan fingerprint density at radius 3 is 2.42 bits per heavy atom. The molecule has 4 heteroatoms. The van der Waals surface area contributed by atoms with Crippen LogP contribution in [0.2, 0.25) is 0 Å². The molecule has 0 aromatic carbocycles. The number of aliphatic carboxylic acids is 1. The smallest absolute Gasteiger partial charge is 0.306 e. The van der Waals surface area contributed by atoms with Crippen molar-refractivity contribution in [2.24, 2.45) is 11.8 Å². The largest absolute Gasteiger partial charge is 0.481 e. The Labute approximate surface area is 116 Å². The molecule has 0 spiro atoms. The topological polar surface area (TPSA) is 58.6 Å². The number of nitrogens with one attached hydrogen (secondary N) is 1. The van der Waals surface area contributed by atoms with Gasteiger partial charge in [0.05, 0.1) is 11.5 Å². The number of hydrogen-bond donors (Lipinski definition) is 2. The van der Waals surface area contributed by atoms with E-state index in [4.69, 9.17) is 9.84 Å². The molecule has 0 heterocycles. The molecule has 2 N–H and O–H groups in total. The van der Waals surface area contributed by atoms with Gasteiger partial charge in [0.25, 0.3) is 0 Å². The highest BCUT2D eigenvalue weighted by molar-refractivity contribution is 5.69. The van der Waals surface area contributed by atoms with Crippen molar-refractivity contribution >= 4 is 5.97 Å². The Hall–Kier alpha value is -0.610. The van der Waals surface area contributed by atoms with Crippen LogP contribution in [0, 0.1) is 11.8 Å². The first kappa shape index (κ1) is 16.4. The number of methoxy groups -OCH3 is 1. The minimum Gasteiger partial charge on any atom is -0.481 e. The second-order valence-electron chi connectivity index (χ2n) is 6.53. The first-order valence-corrected chi connectivity index (χ1v) is 7.35. The molecule has 0 amide bonds. The molecule has 0 aromatic rings. The van der Waals surface area contributed by atoms with Crippen molar-refractivity contribution in [3.63, 3.8) is 0 Å². The third-order valence-corrected chi connectivity index (χ3v) is 4.30. The fourth-order valence-electron chi connectivity index (χ4n) is 2.87. The summed E-state index contributed by atoms with van der Waals surface area (Å²) < 4.78 is 5.44. The van der Waals surface area contributed by atoms with Crippen LogP contribution in [0.5, 0.6) is 0 Å². The molecule has 0 aliphatic heterocycles. The highest BCUT2D eigenvalue weighted by Gasteiger charge is 2.26. The van der Waals surface area contributed by atoms with Crippen LogP contribution in [0.4, 0.5) is 0 Å². The van der Waals surface area contributed by atoms with E-state index in [1.165, 1.54) is 0 Å². The standard InChI is InChI=1S/C15H29NO3/c1-11(9-15(2,3)19-4)16-10-12-5-7-13(8-6-12)14(17)18/h11-13,16H,5-10H2,1-4H3,(H,17,18). The van der Waals surface area contributed by atoms with Gasteiger partial charge in [0, 0.05) is 13.2 Å². The summed E-state index contributed by atoms with van der Waals surface area (Å²) in [5.41, 5.74) is -0.0899. The van der Waals surface area contributed by atoms with Crippen LogP contribution in [-0.4, -0.2) is 36.4 Å². The van der Waals surface area contributed by atoms with E-state index in [0.29, 0.717) is 12.0 Å². The van der Waals surface area contributed by atoms with Gasteiger partial charge in [0.1, 0.15) is 0 Å². The zero-order valence-corrected chi connectivity index (χ0v) is 12.7. The Bertz CT molecular complexity index is 283. The molecule has 1 aliphatic carbocycles. The quantitative estimate of drug-likeness (QED) is 0.747. The zero-order chi connectivity index (χ0) is 14.5. The predicted octanol–water partition coefficient (Wildman–Crippen LogP) is 2.67. The highest BCUT2D eigenvalue weighted by Crippen LogP contribution is 2.28. The number of ether oxygens (including phenoxy) is 1. The first-order chi connectivity index (χ1) is 8.84. The number of carboxylic acids is 1. The molecular weight excluding hydrogens is 242 g/mol. The molecule has 112 valence electrons. The molecule has 4 nitrogen and oxygen atoms in total. The summed E-state index contributed by atoms with van der Waals surface area (Å²) in [6.45, 7) is 7.38. The van der Waals surface area contributed by atoms with Gasteiger partial charge in [0.15, 0.2) is 0 Å². The van der Waals surface area contributed by atoms with Gasteiger partial charge in [-0.05, 0) is 65.3 Å². The van der Waals surface area contributed by atoms with E-state index in [1.807, 2.05) is 0 Å². The highest BCUT2D eigenvalue weighted by atomic mass is 16.5. The summed E-state index contributed by atoms with van der Waals surface area (Å²) in [7, 11) is 1.75. The van der Waals surface area contributed by atoms with Crippen molar-refractivity contribution < 1.29 is 14.6 Å². The maximum atomic E-state index is 10.9. The molecule has 0 saturated heterocycles. The van der Waals surface area contributed by atoms with Gasteiger partial charge in [-0.15, -0.1) is 0 Å². The monoisotopic (exact) mass is 271 g/mol. The van der Waals surface area contributed by atoms with E-state index in [-0.39, 0.29) is 11.5 Å². The number of rotatable bonds is 7. The van der Waals surface area contributed by atoms with Crippen molar-refractivity contribution in [2.75, 3.05) is 13.7 Å².